The van der Waals surface area contributed by atoms with Crippen molar-refractivity contribution in [2.24, 2.45) is 0 Å². The third-order valence-corrected chi connectivity index (χ3v) is 6.12. The van der Waals surface area contributed by atoms with Crippen LogP contribution in [0.5, 0.6) is 0 Å². The van der Waals surface area contributed by atoms with Crippen molar-refractivity contribution in [3.8, 4) is 0 Å². The maximum atomic E-state index is 10.3. The Morgan fingerprint density at radius 1 is 0.757 bits per heavy atom. The number of quaternary nitrogens is 1. The maximum absolute atomic E-state index is 10.3. The molecule has 0 bridgehead atoms. The lowest BCUT2D eigenvalue weighted by atomic mass is 10.0. The molecule has 3 N–H and O–H groups in total. The molecule has 0 rings (SSSR count). The lowest BCUT2D eigenvalue weighted by Gasteiger charge is -2.31. The third kappa shape index (κ3) is 45.5. The summed E-state index contributed by atoms with van der Waals surface area (Å²) in [5.74, 6) is -0.653. The number of hydrogen-bond donors (Lipinski definition) is 3. The number of aliphatic hydroxyl groups is 2. The van der Waals surface area contributed by atoms with Gasteiger partial charge in [-0.2, -0.15) is 0 Å². The van der Waals surface area contributed by atoms with Crippen LogP contribution in [0.4, 0.5) is 0 Å². The summed E-state index contributed by atoms with van der Waals surface area (Å²) in [6, 6.07) is 0. The predicted molar refractivity (Wildman–Crippen MR) is 149 cm³/mol. The van der Waals surface area contributed by atoms with Crippen LogP contribution in [0.2, 0.25) is 0 Å². The van der Waals surface area contributed by atoms with Crippen molar-refractivity contribution in [1.82, 2.24) is 0 Å². The number of likely N-dealkylation sites (N-methyl/N-ethyl adjacent to an activating group) is 1. The van der Waals surface area contributed by atoms with Gasteiger partial charge in [0, 0.05) is 6.42 Å². The lowest BCUT2D eigenvalue weighted by Crippen LogP contribution is -2.48. The number of unbranched alkanes of at least 4 members (excludes halogenated alkanes) is 14. The van der Waals surface area contributed by atoms with E-state index < -0.39 is 16.4 Å². The quantitative estimate of drug-likeness (QED) is 0.0751. The maximum Gasteiger partial charge on any atom is 0.303 e. The fourth-order valence-corrected chi connectivity index (χ4v) is 4.15. The van der Waals surface area contributed by atoms with Crippen LogP contribution in [0, 0.1) is 0 Å². The fourth-order valence-electron chi connectivity index (χ4n) is 4.15. The summed E-state index contributed by atoms with van der Waals surface area (Å²) in [6.07, 6.45) is 19.6. The molecule has 37 heavy (non-hydrogen) atoms. The van der Waals surface area contributed by atoms with Crippen LogP contribution in [0.25, 0.3) is 0 Å². The molecule has 0 heterocycles. The van der Waals surface area contributed by atoms with E-state index in [4.69, 9.17) is 15.3 Å². The molecule has 0 aromatic carbocycles. The summed E-state index contributed by atoms with van der Waals surface area (Å²) >= 11 is 0. The summed E-state index contributed by atoms with van der Waals surface area (Å²) in [7, 11) is 0.395. The first-order valence-corrected chi connectivity index (χ1v) is 15.4. The highest BCUT2D eigenvalue weighted by atomic mass is 32.3. The van der Waals surface area contributed by atoms with E-state index in [2.05, 4.69) is 11.1 Å². The number of carboxylic acid groups (broad SMARTS) is 1. The number of aliphatic carboxylic acids is 1. The second-order valence-electron chi connectivity index (χ2n) is 10.7. The Kier molecular flexibility index (Phi) is 29.5. The SMILES string of the molecule is CC(O)C[N+](C)(C)CC(C)O.CCCCCCCCCCCCCCCCCC(=O)O.COS(=O)(=O)[O-]. The fraction of sp³-hybridized carbons (Fsp3) is 0.963. The zero-order valence-electron chi connectivity index (χ0n) is 24.6. The first kappa shape index (κ1) is 40.7. The highest BCUT2D eigenvalue weighted by Crippen LogP contribution is 2.13. The van der Waals surface area contributed by atoms with Crippen molar-refractivity contribution in [3.63, 3.8) is 0 Å². The first-order valence-electron chi connectivity index (χ1n) is 14.1. The van der Waals surface area contributed by atoms with Gasteiger partial charge in [0.2, 0.25) is 10.4 Å². The average Bonchev–Trinajstić information content (AvgIpc) is 2.74. The highest BCUT2D eigenvalue weighted by molar-refractivity contribution is 7.80. The number of aliphatic hydroxyl groups excluding tert-OH is 2. The highest BCUT2D eigenvalue weighted by Gasteiger charge is 2.19. The molecule has 0 aliphatic rings. The molecule has 0 aromatic heterocycles. The van der Waals surface area contributed by atoms with Crippen LogP contribution in [0.3, 0.4) is 0 Å². The van der Waals surface area contributed by atoms with Gasteiger partial charge in [-0.1, -0.05) is 96.8 Å². The lowest BCUT2D eigenvalue weighted by molar-refractivity contribution is -0.895. The minimum Gasteiger partial charge on any atom is -0.726 e. The van der Waals surface area contributed by atoms with E-state index in [-0.39, 0.29) is 12.2 Å². The number of rotatable bonds is 21. The molecule has 0 amide bonds. The molecule has 0 aliphatic carbocycles. The zero-order valence-corrected chi connectivity index (χ0v) is 25.4. The first-order chi connectivity index (χ1) is 17.2. The van der Waals surface area contributed by atoms with Crippen LogP contribution in [-0.4, -0.2) is 85.2 Å². The molecule has 0 saturated heterocycles. The molecule has 2 unspecified atom stereocenters. The van der Waals surface area contributed by atoms with E-state index in [9.17, 15) is 17.8 Å². The van der Waals surface area contributed by atoms with Gasteiger partial charge >= 0.3 is 5.97 Å². The van der Waals surface area contributed by atoms with E-state index in [0.717, 1.165) is 20.0 Å². The molecule has 0 radical (unpaired) electrons. The standard InChI is InChI=1S/C18H36O2.C8H20NO2.CH4O4S/c1-2-3-4-5-6-7-8-9-10-11-12-13-14-15-16-17-18(19)20;1-7(10)5-9(3,4)6-8(2)11;1-5-6(2,3)4/h2-17H2,1H3,(H,19,20);7-8,10-11H,5-6H2,1-4H3;1H3,(H,2,3,4)/q;+1;/p-1. The molecule has 226 valence electrons. The van der Waals surface area contributed by atoms with Gasteiger partial charge in [0.05, 0.1) is 21.2 Å². The van der Waals surface area contributed by atoms with Gasteiger partial charge in [-0.3, -0.25) is 8.98 Å². The van der Waals surface area contributed by atoms with Gasteiger partial charge in [-0.05, 0) is 20.3 Å². The molecular formula is C27H59NO8S. The van der Waals surface area contributed by atoms with Gasteiger partial charge in [-0.25, -0.2) is 8.42 Å². The molecule has 2 atom stereocenters. The number of carbonyl (C=O) groups is 1. The Balaban J connectivity index is -0.000000566. The van der Waals surface area contributed by atoms with E-state index in [1.807, 2.05) is 14.1 Å². The number of nitrogens with zero attached hydrogens (tertiary/aromatic N) is 1. The zero-order chi connectivity index (χ0) is 29.2. The van der Waals surface area contributed by atoms with Gasteiger partial charge in [0.15, 0.2) is 0 Å². The molecule has 0 saturated carbocycles. The van der Waals surface area contributed by atoms with E-state index in [1.165, 1.54) is 83.5 Å². The Morgan fingerprint density at radius 2 is 1.03 bits per heavy atom. The van der Waals surface area contributed by atoms with Crippen molar-refractivity contribution < 1.29 is 41.8 Å². The smallest absolute Gasteiger partial charge is 0.303 e. The second-order valence-corrected chi connectivity index (χ2v) is 11.8. The summed E-state index contributed by atoms with van der Waals surface area (Å²) < 4.78 is 31.7. The largest absolute Gasteiger partial charge is 0.726 e. The van der Waals surface area contributed by atoms with Gasteiger partial charge in [0.1, 0.15) is 25.3 Å². The van der Waals surface area contributed by atoms with Crippen molar-refractivity contribution in [3.05, 3.63) is 0 Å². The number of hydrogen-bond acceptors (Lipinski definition) is 7. The summed E-state index contributed by atoms with van der Waals surface area (Å²) in [6.45, 7) is 7.17. The number of carboxylic acids is 1. The topological polar surface area (TPSA) is 144 Å². The second kappa shape index (κ2) is 26.8. The third-order valence-electron chi connectivity index (χ3n) is 5.72. The van der Waals surface area contributed by atoms with Crippen molar-refractivity contribution in [1.29, 1.82) is 0 Å². The van der Waals surface area contributed by atoms with E-state index in [1.54, 1.807) is 13.8 Å². The summed E-state index contributed by atoms with van der Waals surface area (Å²) in [5, 5.41) is 26.7. The van der Waals surface area contributed by atoms with Gasteiger partial charge in [0.25, 0.3) is 0 Å². The molecule has 0 aromatic rings. The Hall–Kier alpha value is -0.780. The molecule has 0 aliphatic heterocycles. The van der Waals surface area contributed by atoms with Crippen LogP contribution in [0.15, 0.2) is 0 Å². The Morgan fingerprint density at radius 3 is 1.24 bits per heavy atom. The Labute approximate surface area is 228 Å². The minimum atomic E-state index is -4.41. The summed E-state index contributed by atoms with van der Waals surface area (Å²) in [4.78, 5) is 10.3. The monoisotopic (exact) mass is 557 g/mol. The molecule has 9 nitrogen and oxygen atoms in total. The van der Waals surface area contributed by atoms with Crippen molar-refractivity contribution in [2.75, 3.05) is 34.3 Å². The minimum absolute atomic E-state index is 0.302. The summed E-state index contributed by atoms with van der Waals surface area (Å²) in [5.41, 5.74) is 0. The van der Waals surface area contributed by atoms with Crippen LogP contribution in [0.1, 0.15) is 124 Å². The molecule has 10 heteroatoms. The predicted octanol–water partition coefficient (Wildman–Crippen LogP) is 5.25. The van der Waals surface area contributed by atoms with E-state index >= 15 is 0 Å². The van der Waals surface area contributed by atoms with Crippen LogP contribution >= 0.6 is 0 Å². The van der Waals surface area contributed by atoms with Crippen LogP contribution in [-0.2, 0) is 19.4 Å². The van der Waals surface area contributed by atoms with Gasteiger partial charge < -0.3 is 24.4 Å². The van der Waals surface area contributed by atoms with Crippen molar-refractivity contribution >= 4 is 16.4 Å². The molecular weight excluding hydrogens is 498 g/mol. The normalized spacial score (nSPS) is 13.1. The van der Waals surface area contributed by atoms with Crippen LogP contribution < -0.4 is 0 Å². The molecule has 0 spiro atoms. The van der Waals surface area contributed by atoms with E-state index in [0.29, 0.717) is 24.0 Å². The molecule has 0 fully saturated rings. The van der Waals surface area contributed by atoms with Gasteiger partial charge in [-0.15, -0.1) is 0 Å². The Bertz CT molecular complexity index is 583. The average molecular weight is 558 g/mol. The van der Waals surface area contributed by atoms with Crippen molar-refractivity contribution in [2.45, 2.75) is 136 Å².